The molecule has 0 bridgehead atoms. The molecule has 2 aliphatic rings. The number of hydrogen-bond acceptors (Lipinski definition) is 4. The van der Waals surface area contributed by atoms with Gasteiger partial charge in [-0.15, -0.1) is 11.3 Å². The van der Waals surface area contributed by atoms with Gasteiger partial charge in [0.1, 0.15) is 6.04 Å². The number of nitrogens with zero attached hydrogens (tertiary/aromatic N) is 1. The van der Waals surface area contributed by atoms with E-state index in [4.69, 9.17) is 0 Å². The molecule has 28 heavy (non-hydrogen) atoms. The van der Waals surface area contributed by atoms with Crippen LogP contribution in [0.2, 0.25) is 0 Å². The van der Waals surface area contributed by atoms with Crippen molar-refractivity contribution >= 4 is 34.5 Å². The van der Waals surface area contributed by atoms with Gasteiger partial charge in [-0.2, -0.15) is 0 Å². The number of anilines is 2. The molecule has 2 heterocycles. The number of rotatable bonds is 5. The van der Waals surface area contributed by atoms with Gasteiger partial charge in [0.15, 0.2) is 0 Å². The van der Waals surface area contributed by atoms with Gasteiger partial charge in [0, 0.05) is 24.0 Å². The Kier molecular flexibility index (Phi) is 5.95. The van der Waals surface area contributed by atoms with Crippen molar-refractivity contribution in [2.24, 2.45) is 0 Å². The van der Waals surface area contributed by atoms with Gasteiger partial charge in [-0.25, -0.2) is 0 Å². The Morgan fingerprint density at radius 2 is 1.68 bits per heavy atom. The number of likely N-dealkylation sites (tertiary alicyclic amines) is 1. The molecule has 1 saturated heterocycles. The molecular formula is C22H27N3O2S. The molecule has 2 aromatic rings. The minimum atomic E-state index is -0.394. The summed E-state index contributed by atoms with van der Waals surface area (Å²) in [5.74, 6) is -0.143. The van der Waals surface area contributed by atoms with Gasteiger partial charge in [-0.1, -0.05) is 25.3 Å². The maximum Gasteiger partial charge on any atom is 0.264 e. The SMILES string of the molecule is O=C(Nc1ccc(NC2CCCCC2)cc1)[C@@H]1CCCN1C(=O)c1cccs1. The Bertz CT molecular complexity index is 798. The lowest BCUT2D eigenvalue weighted by atomic mass is 9.95. The summed E-state index contributed by atoms with van der Waals surface area (Å²) < 4.78 is 0. The zero-order valence-electron chi connectivity index (χ0n) is 16.0. The first kappa shape index (κ1) is 19.0. The average Bonchev–Trinajstić information content (AvgIpc) is 3.42. The van der Waals surface area contributed by atoms with Crippen LogP contribution in [-0.2, 0) is 4.79 Å². The second kappa shape index (κ2) is 8.78. The van der Waals surface area contributed by atoms with Crippen molar-refractivity contribution in [3.8, 4) is 0 Å². The van der Waals surface area contributed by atoms with E-state index in [-0.39, 0.29) is 11.8 Å². The van der Waals surface area contributed by atoms with Crippen molar-refractivity contribution in [1.82, 2.24) is 4.90 Å². The standard InChI is InChI=1S/C22H27N3O2S/c26-21(19-8-4-14-25(19)22(27)20-9-5-15-28-20)24-18-12-10-17(11-13-18)23-16-6-2-1-3-7-16/h5,9-13,15-16,19,23H,1-4,6-8,14H2,(H,24,26)/t19-/m0/s1. The van der Waals surface area contributed by atoms with E-state index >= 15 is 0 Å². The van der Waals surface area contributed by atoms with Gasteiger partial charge >= 0.3 is 0 Å². The fraction of sp³-hybridized carbons (Fsp3) is 0.455. The number of carbonyl (C=O) groups excluding carboxylic acids is 2. The van der Waals surface area contributed by atoms with Crippen LogP contribution in [0.4, 0.5) is 11.4 Å². The quantitative estimate of drug-likeness (QED) is 0.766. The Morgan fingerprint density at radius 1 is 0.929 bits per heavy atom. The third kappa shape index (κ3) is 4.38. The molecule has 1 saturated carbocycles. The highest BCUT2D eigenvalue weighted by Gasteiger charge is 2.34. The van der Waals surface area contributed by atoms with Crippen molar-refractivity contribution < 1.29 is 9.59 Å². The molecule has 6 heteroatoms. The first-order chi connectivity index (χ1) is 13.7. The molecule has 148 valence electrons. The van der Waals surface area contributed by atoms with Crippen LogP contribution in [-0.4, -0.2) is 35.3 Å². The van der Waals surface area contributed by atoms with Crippen molar-refractivity contribution in [3.63, 3.8) is 0 Å². The topological polar surface area (TPSA) is 61.4 Å². The Balaban J connectivity index is 1.35. The van der Waals surface area contributed by atoms with Gasteiger partial charge in [0.25, 0.3) is 5.91 Å². The highest BCUT2D eigenvalue weighted by Crippen LogP contribution is 2.25. The molecule has 0 unspecified atom stereocenters. The van der Waals surface area contributed by atoms with Crippen LogP contribution in [0, 0.1) is 0 Å². The highest BCUT2D eigenvalue weighted by atomic mass is 32.1. The van der Waals surface area contributed by atoms with Crippen LogP contribution in [0.1, 0.15) is 54.6 Å². The van der Waals surface area contributed by atoms with E-state index in [1.807, 2.05) is 41.8 Å². The van der Waals surface area contributed by atoms with Gasteiger partial charge < -0.3 is 15.5 Å². The molecule has 2 N–H and O–H groups in total. The summed E-state index contributed by atoms with van der Waals surface area (Å²) >= 11 is 1.42. The third-order valence-electron chi connectivity index (χ3n) is 5.68. The monoisotopic (exact) mass is 397 g/mol. The summed E-state index contributed by atoms with van der Waals surface area (Å²) in [6.07, 6.45) is 7.98. The molecule has 5 nitrogen and oxygen atoms in total. The molecule has 1 aromatic heterocycles. The minimum Gasteiger partial charge on any atom is -0.382 e. The van der Waals surface area contributed by atoms with E-state index in [1.165, 1.54) is 43.4 Å². The van der Waals surface area contributed by atoms with Crippen LogP contribution in [0.5, 0.6) is 0 Å². The molecule has 4 rings (SSSR count). The molecule has 1 atom stereocenters. The number of nitrogens with one attached hydrogen (secondary N) is 2. The minimum absolute atomic E-state index is 0.0420. The largest absolute Gasteiger partial charge is 0.382 e. The third-order valence-corrected chi connectivity index (χ3v) is 6.53. The van der Waals surface area contributed by atoms with Crippen molar-refractivity contribution in [2.45, 2.75) is 57.0 Å². The van der Waals surface area contributed by atoms with E-state index in [2.05, 4.69) is 10.6 Å². The first-order valence-corrected chi connectivity index (χ1v) is 11.1. The summed E-state index contributed by atoms with van der Waals surface area (Å²) in [5, 5.41) is 8.47. The van der Waals surface area contributed by atoms with Gasteiger partial charge in [-0.05, 0) is 61.4 Å². The molecule has 2 fully saturated rings. The number of carbonyl (C=O) groups is 2. The van der Waals surface area contributed by atoms with Crippen LogP contribution in [0.3, 0.4) is 0 Å². The molecule has 0 radical (unpaired) electrons. The van der Waals surface area contributed by atoms with Crippen molar-refractivity contribution in [1.29, 1.82) is 0 Å². The summed E-state index contributed by atoms with van der Waals surface area (Å²) in [6, 6.07) is 11.8. The predicted molar refractivity (Wildman–Crippen MR) is 114 cm³/mol. The van der Waals surface area contributed by atoms with Crippen LogP contribution < -0.4 is 10.6 Å². The summed E-state index contributed by atoms with van der Waals surface area (Å²) in [5.41, 5.74) is 1.87. The number of amides is 2. The lowest BCUT2D eigenvalue weighted by molar-refractivity contribution is -0.119. The normalized spacial score (nSPS) is 20.1. The van der Waals surface area contributed by atoms with Gasteiger partial charge in [0.05, 0.1) is 4.88 Å². The van der Waals surface area contributed by atoms with Gasteiger partial charge in [0.2, 0.25) is 5.91 Å². The molecule has 1 aliphatic heterocycles. The lowest BCUT2D eigenvalue weighted by Crippen LogP contribution is -2.42. The first-order valence-electron chi connectivity index (χ1n) is 10.2. The molecule has 1 aromatic carbocycles. The van der Waals surface area contributed by atoms with E-state index < -0.39 is 6.04 Å². The Morgan fingerprint density at radius 3 is 2.39 bits per heavy atom. The smallest absolute Gasteiger partial charge is 0.264 e. The number of hydrogen-bond donors (Lipinski definition) is 2. The summed E-state index contributed by atoms with van der Waals surface area (Å²) in [6.45, 7) is 0.638. The van der Waals surface area contributed by atoms with Crippen LogP contribution >= 0.6 is 11.3 Å². The van der Waals surface area contributed by atoms with Crippen LogP contribution in [0.15, 0.2) is 41.8 Å². The van der Waals surface area contributed by atoms with Crippen LogP contribution in [0.25, 0.3) is 0 Å². The molecular weight excluding hydrogens is 370 g/mol. The number of benzene rings is 1. The van der Waals surface area contributed by atoms with Crippen molar-refractivity contribution in [2.75, 3.05) is 17.2 Å². The van der Waals surface area contributed by atoms with E-state index in [9.17, 15) is 9.59 Å². The van der Waals surface area contributed by atoms with E-state index in [0.717, 1.165) is 17.8 Å². The molecule has 2 amide bonds. The summed E-state index contributed by atoms with van der Waals surface area (Å²) in [7, 11) is 0. The Labute approximate surface area is 170 Å². The zero-order valence-corrected chi connectivity index (χ0v) is 16.8. The van der Waals surface area contributed by atoms with Gasteiger partial charge in [-0.3, -0.25) is 9.59 Å². The predicted octanol–water partition coefficient (Wildman–Crippen LogP) is 4.74. The maximum absolute atomic E-state index is 12.8. The van der Waals surface area contributed by atoms with E-state index in [1.54, 1.807) is 4.90 Å². The molecule has 0 spiro atoms. The fourth-order valence-corrected chi connectivity index (χ4v) is 4.86. The highest BCUT2D eigenvalue weighted by molar-refractivity contribution is 7.12. The lowest BCUT2D eigenvalue weighted by Gasteiger charge is -2.24. The second-order valence-electron chi connectivity index (χ2n) is 7.68. The van der Waals surface area contributed by atoms with E-state index in [0.29, 0.717) is 23.9 Å². The average molecular weight is 398 g/mol. The Hall–Kier alpha value is -2.34. The summed E-state index contributed by atoms with van der Waals surface area (Å²) in [4.78, 5) is 27.8. The zero-order chi connectivity index (χ0) is 19.3. The number of thiophene rings is 1. The molecule has 1 aliphatic carbocycles. The maximum atomic E-state index is 12.8. The van der Waals surface area contributed by atoms with Crippen molar-refractivity contribution in [3.05, 3.63) is 46.7 Å². The fourth-order valence-electron chi connectivity index (χ4n) is 4.18. The second-order valence-corrected chi connectivity index (χ2v) is 8.63.